The summed E-state index contributed by atoms with van der Waals surface area (Å²) in [5.74, 6) is -1.21. The molecular formula is C22H18Br2N4O3. The van der Waals surface area contributed by atoms with E-state index in [2.05, 4.69) is 52.9 Å². The molecule has 0 atom stereocenters. The molecule has 0 radical (unpaired) electrons. The lowest BCUT2D eigenvalue weighted by molar-refractivity contribution is 0.0902. The third-order valence-corrected chi connectivity index (χ3v) is 5.18. The van der Waals surface area contributed by atoms with Crippen LogP contribution in [0.1, 0.15) is 46.1 Å². The molecule has 0 saturated carbocycles. The average molecular weight is 546 g/mol. The van der Waals surface area contributed by atoms with Crippen LogP contribution in [0.15, 0.2) is 84.2 Å². The maximum Gasteiger partial charge on any atom is 0.307 e. The molecule has 3 aromatic rings. The number of furan rings is 1. The average Bonchev–Trinajstić information content (AvgIpc) is 3.26. The van der Waals surface area contributed by atoms with Crippen LogP contribution < -0.4 is 10.9 Å². The third-order valence-electron chi connectivity index (χ3n) is 4.19. The van der Waals surface area contributed by atoms with Crippen LogP contribution >= 0.6 is 31.9 Å². The van der Waals surface area contributed by atoms with Crippen LogP contribution in [0.5, 0.6) is 0 Å². The quantitative estimate of drug-likeness (QED) is 0.332. The minimum atomic E-state index is -0.567. The molecule has 0 spiro atoms. The normalized spacial score (nSPS) is 11.9. The van der Waals surface area contributed by atoms with Crippen LogP contribution in [0.25, 0.3) is 0 Å². The summed E-state index contributed by atoms with van der Waals surface area (Å²) in [4.78, 5) is 24.6. The maximum absolute atomic E-state index is 12.3. The van der Waals surface area contributed by atoms with Crippen LogP contribution in [0, 0.1) is 0 Å². The van der Waals surface area contributed by atoms with Gasteiger partial charge in [-0.1, -0.05) is 56.1 Å². The van der Waals surface area contributed by atoms with E-state index in [4.69, 9.17) is 4.42 Å². The summed E-state index contributed by atoms with van der Waals surface area (Å²) in [6.07, 6.45) is 0. The van der Waals surface area contributed by atoms with Gasteiger partial charge in [0, 0.05) is 8.95 Å². The lowest BCUT2D eigenvalue weighted by Crippen LogP contribution is -2.20. The van der Waals surface area contributed by atoms with Gasteiger partial charge in [-0.3, -0.25) is 9.59 Å². The van der Waals surface area contributed by atoms with Crippen LogP contribution in [-0.4, -0.2) is 23.2 Å². The highest BCUT2D eigenvalue weighted by Crippen LogP contribution is 2.14. The SMILES string of the molecule is C/C(=N\NC(=O)c1ccc(C(=O)N/N=C(\C)c2cccc(Br)c2)o1)c1cccc(Br)c1. The van der Waals surface area contributed by atoms with E-state index in [0.29, 0.717) is 11.4 Å². The van der Waals surface area contributed by atoms with Gasteiger partial charge in [-0.25, -0.2) is 10.9 Å². The number of rotatable bonds is 6. The van der Waals surface area contributed by atoms with Crippen molar-refractivity contribution < 1.29 is 14.0 Å². The Labute approximate surface area is 195 Å². The van der Waals surface area contributed by atoms with Crippen molar-refractivity contribution in [2.24, 2.45) is 10.2 Å². The Balaban J connectivity index is 1.62. The second-order valence-electron chi connectivity index (χ2n) is 6.46. The van der Waals surface area contributed by atoms with Gasteiger partial charge in [-0.2, -0.15) is 10.2 Å². The highest BCUT2D eigenvalue weighted by Gasteiger charge is 2.15. The summed E-state index contributed by atoms with van der Waals surface area (Å²) >= 11 is 6.79. The molecule has 9 heteroatoms. The second-order valence-corrected chi connectivity index (χ2v) is 8.29. The highest BCUT2D eigenvalue weighted by molar-refractivity contribution is 9.10. The standard InChI is InChI=1S/C22H18Br2N4O3/c1-13(15-5-3-7-17(23)11-15)25-27-21(29)19-9-10-20(31-19)22(30)28-26-14(2)16-6-4-8-18(24)12-16/h3-12H,1-2H3,(H,27,29)(H,28,30)/b25-13+,26-14+. The van der Waals surface area contributed by atoms with Crippen molar-refractivity contribution in [3.05, 3.63) is 92.3 Å². The fraction of sp³-hybridized carbons (Fsp3) is 0.0909. The summed E-state index contributed by atoms with van der Waals surface area (Å²) in [5, 5.41) is 8.15. The molecule has 0 fully saturated rings. The fourth-order valence-corrected chi connectivity index (χ4v) is 3.32. The molecule has 158 valence electrons. The van der Waals surface area contributed by atoms with E-state index >= 15 is 0 Å². The van der Waals surface area contributed by atoms with Crippen molar-refractivity contribution in [2.75, 3.05) is 0 Å². The predicted molar refractivity (Wildman–Crippen MR) is 126 cm³/mol. The van der Waals surface area contributed by atoms with Gasteiger partial charge in [0.05, 0.1) is 11.4 Å². The van der Waals surface area contributed by atoms with E-state index in [1.54, 1.807) is 13.8 Å². The van der Waals surface area contributed by atoms with Crippen molar-refractivity contribution in [1.29, 1.82) is 0 Å². The van der Waals surface area contributed by atoms with Crippen LogP contribution in [0.4, 0.5) is 0 Å². The highest BCUT2D eigenvalue weighted by atomic mass is 79.9. The minimum Gasteiger partial charge on any atom is -0.446 e. The molecule has 2 aromatic carbocycles. The minimum absolute atomic E-state index is 0.0383. The Morgan fingerprint density at radius 3 is 1.55 bits per heavy atom. The molecule has 3 rings (SSSR count). The first-order chi connectivity index (χ1) is 14.8. The zero-order valence-corrected chi connectivity index (χ0v) is 19.8. The Kier molecular flexibility index (Phi) is 7.54. The van der Waals surface area contributed by atoms with Crippen LogP contribution in [-0.2, 0) is 0 Å². The molecule has 0 aliphatic carbocycles. The summed E-state index contributed by atoms with van der Waals surface area (Å²) in [6.45, 7) is 3.54. The first-order valence-electron chi connectivity index (χ1n) is 9.14. The number of hydrazone groups is 2. The molecule has 0 aliphatic rings. The van der Waals surface area contributed by atoms with Crippen LogP contribution in [0.2, 0.25) is 0 Å². The smallest absolute Gasteiger partial charge is 0.307 e. The predicted octanol–water partition coefficient (Wildman–Crippen LogP) is 5.11. The van der Waals surface area contributed by atoms with E-state index in [0.717, 1.165) is 20.1 Å². The molecule has 31 heavy (non-hydrogen) atoms. The van der Waals surface area contributed by atoms with Gasteiger partial charge in [-0.15, -0.1) is 0 Å². The summed E-state index contributed by atoms with van der Waals surface area (Å²) in [6, 6.07) is 17.9. The largest absolute Gasteiger partial charge is 0.446 e. The number of amides is 2. The third kappa shape index (κ3) is 6.22. The Bertz CT molecular complexity index is 1090. The topological polar surface area (TPSA) is 96.1 Å². The molecule has 1 heterocycles. The number of carbonyl (C=O) groups is 2. The van der Waals surface area contributed by atoms with Gasteiger partial charge in [-0.05, 0) is 61.4 Å². The van der Waals surface area contributed by atoms with Gasteiger partial charge < -0.3 is 4.42 Å². The second kappa shape index (κ2) is 10.3. The molecule has 0 bridgehead atoms. The monoisotopic (exact) mass is 544 g/mol. The number of nitrogens with zero attached hydrogens (tertiary/aromatic N) is 2. The number of carbonyl (C=O) groups excluding carboxylic acids is 2. The summed E-state index contributed by atoms with van der Waals surface area (Å²) < 4.78 is 7.16. The molecule has 2 N–H and O–H groups in total. The molecular weight excluding hydrogens is 528 g/mol. The van der Waals surface area contributed by atoms with Crippen molar-refractivity contribution in [1.82, 2.24) is 10.9 Å². The van der Waals surface area contributed by atoms with Crippen molar-refractivity contribution in [3.63, 3.8) is 0 Å². The lowest BCUT2D eigenvalue weighted by atomic mass is 10.1. The van der Waals surface area contributed by atoms with E-state index in [1.807, 2.05) is 48.5 Å². The molecule has 0 saturated heterocycles. The summed E-state index contributed by atoms with van der Waals surface area (Å²) in [5.41, 5.74) is 7.80. The number of hydrogen-bond acceptors (Lipinski definition) is 5. The number of nitrogens with one attached hydrogen (secondary N) is 2. The van der Waals surface area contributed by atoms with E-state index in [9.17, 15) is 9.59 Å². The molecule has 0 aliphatic heterocycles. The number of hydrogen-bond donors (Lipinski definition) is 2. The van der Waals surface area contributed by atoms with Gasteiger partial charge in [0.1, 0.15) is 0 Å². The Morgan fingerprint density at radius 2 is 1.16 bits per heavy atom. The van der Waals surface area contributed by atoms with E-state index in [1.165, 1.54) is 12.1 Å². The zero-order chi connectivity index (χ0) is 22.4. The zero-order valence-electron chi connectivity index (χ0n) is 16.6. The molecule has 2 amide bonds. The maximum atomic E-state index is 12.3. The van der Waals surface area contributed by atoms with Crippen molar-refractivity contribution in [3.8, 4) is 0 Å². The molecule has 1 aromatic heterocycles. The van der Waals surface area contributed by atoms with Crippen LogP contribution in [0.3, 0.4) is 0 Å². The Hall–Kier alpha value is -3.04. The fourth-order valence-electron chi connectivity index (χ4n) is 2.52. The molecule has 7 nitrogen and oxygen atoms in total. The molecule has 0 unspecified atom stereocenters. The van der Waals surface area contributed by atoms with Gasteiger partial charge >= 0.3 is 11.8 Å². The van der Waals surface area contributed by atoms with Crippen molar-refractivity contribution in [2.45, 2.75) is 13.8 Å². The number of benzene rings is 2. The van der Waals surface area contributed by atoms with Gasteiger partial charge in [0.15, 0.2) is 11.5 Å². The Morgan fingerprint density at radius 1 is 0.742 bits per heavy atom. The van der Waals surface area contributed by atoms with E-state index in [-0.39, 0.29) is 11.5 Å². The van der Waals surface area contributed by atoms with Crippen molar-refractivity contribution >= 4 is 55.1 Å². The van der Waals surface area contributed by atoms with E-state index < -0.39 is 11.8 Å². The summed E-state index contributed by atoms with van der Waals surface area (Å²) in [7, 11) is 0. The van der Waals surface area contributed by atoms with Gasteiger partial charge in [0.2, 0.25) is 0 Å². The number of halogens is 2. The van der Waals surface area contributed by atoms with Gasteiger partial charge in [0.25, 0.3) is 0 Å². The lowest BCUT2D eigenvalue weighted by Gasteiger charge is -2.03. The first-order valence-corrected chi connectivity index (χ1v) is 10.7. The first kappa shape index (κ1) is 22.6.